The number of anilines is 2. The van der Waals surface area contributed by atoms with E-state index in [9.17, 15) is 4.79 Å². The molecule has 4 heteroatoms. The van der Waals surface area contributed by atoms with Crippen LogP contribution in [0.5, 0.6) is 0 Å². The average molecular weight is 264 g/mol. The monoisotopic (exact) mass is 264 g/mol. The van der Waals surface area contributed by atoms with Gasteiger partial charge in [-0.3, -0.25) is 5.32 Å². The Labute approximate surface area is 115 Å². The first-order valence-electron chi connectivity index (χ1n) is 6.97. The van der Waals surface area contributed by atoms with Crippen LogP contribution < -0.4 is 10.6 Å². The van der Waals surface area contributed by atoms with Gasteiger partial charge in [-0.2, -0.15) is 0 Å². The summed E-state index contributed by atoms with van der Waals surface area (Å²) >= 11 is 0. The maximum Gasteiger partial charge on any atom is 0.411 e. The SMILES string of the molecule is CCOC(=O)Nc1ccc(NCC(CC)CC)cc1. The van der Waals surface area contributed by atoms with E-state index >= 15 is 0 Å². The molecule has 0 spiro atoms. The van der Waals surface area contributed by atoms with Crippen molar-refractivity contribution in [2.75, 3.05) is 23.8 Å². The second-order valence-electron chi connectivity index (χ2n) is 4.49. The predicted molar refractivity (Wildman–Crippen MR) is 79.6 cm³/mol. The molecule has 0 saturated heterocycles. The Bertz CT molecular complexity index is 372. The molecule has 1 amide bonds. The summed E-state index contributed by atoms with van der Waals surface area (Å²) in [5.74, 6) is 0.706. The van der Waals surface area contributed by atoms with Gasteiger partial charge in [-0.1, -0.05) is 26.7 Å². The molecule has 0 fully saturated rings. The number of benzene rings is 1. The summed E-state index contributed by atoms with van der Waals surface area (Å²) < 4.78 is 4.82. The van der Waals surface area contributed by atoms with Gasteiger partial charge in [0.15, 0.2) is 0 Å². The van der Waals surface area contributed by atoms with E-state index in [1.165, 1.54) is 12.8 Å². The Morgan fingerprint density at radius 3 is 2.21 bits per heavy atom. The zero-order valence-corrected chi connectivity index (χ0v) is 12.0. The third kappa shape index (κ3) is 5.64. The molecule has 0 heterocycles. The van der Waals surface area contributed by atoms with Crippen LogP contribution in [0.4, 0.5) is 16.2 Å². The van der Waals surface area contributed by atoms with E-state index in [0.29, 0.717) is 12.5 Å². The van der Waals surface area contributed by atoms with Crippen LogP contribution in [-0.4, -0.2) is 19.2 Å². The largest absolute Gasteiger partial charge is 0.450 e. The van der Waals surface area contributed by atoms with Crippen molar-refractivity contribution in [3.05, 3.63) is 24.3 Å². The minimum atomic E-state index is -0.416. The molecule has 1 rings (SSSR count). The lowest BCUT2D eigenvalue weighted by atomic mass is 10.0. The van der Waals surface area contributed by atoms with Gasteiger partial charge in [0.1, 0.15) is 0 Å². The number of amides is 1. The molecule has 0 atom stereocenters. The Hall–Kier alpha value is -1.71. The van der Waals surface area contributed by atoms with Gasteiger partial charge in [-0.15, -0.1) is 0 Å². The lowest BCUT2D eigenvalue weighted by Crippen LogP contribution is -2.14. The molecular weight excluding hydrogens is 240 g/mol. The zero-order chi connectivity index (χ0) is 14.1. The Kier molecular flexibility index (Phi) is 6.79. The highest BCUT2D eigenvalue weighted by Gasteiger charge is 2.04. The smallest absolute Gasteiger partial charge is 0.411 e. The molecule has 2 N–H and O–H groups in total. The van der Waals surface area contributed by atoms with Crippen molar-refractivity contribution in [2.45, 2.75) is 33.6 Å². The summed E-state index contributed by atoms with van der Waals surface area (Å²) in [6.45, 7) is 7.56. The second kappa shape index (κ2) is 8.40. The van der Waals surface area contributed by atoms with Gasteiger partial charge < -0.3 is 10.1 Å². The molecule has 0 saturated carbocycles. The van der Waals surface area contributed by atoms with Crippen molar-refractivity contribution in [3.63, 3.8) is 0 Å². The van der Waals surface area contributed by atoms with E-state index < -0.39 is 6.09 Å². The van der Waals surface area contributed by atoms with Crippen molar-refractivity contribution in [1.82, 2.24) is 0 Å². The molecule has 0 aliphatic rings. The highest BCUT2D eigenvalue weighted by molar-refractivity contribution is 5.84. The molecule has 4 nitrogen and oxygen atoms in total. The minimum absolute atomic E-state index is 0.376. The minimum Gasteiger partial charge on any atom is -0.450 e. The topological polar surface area (TPSA) is 50.4 Å². The molecule has 0 aliphatic carbocycles. The molecule has 1 aromatic carbocycles. The van der Waals surface area contributed by atoms with Gasteiger partial charge in [0, 0.05) is 17.9 Å². The third-order valence-electron chi connectivity index (χ3n) is 3.16. The van der Waals surface area contributed by atoms with Crippen LogP contribution in [-0.2, 0) is 4.74 Å². The molecule has 106 valence electrons. The van der Waals surface area contributed by atoms with Gasteiger partial charge in [0.25, 0.3) is 0 Å². The Morgan fingerprint density at radius 2 is 1.68 bits per heavy atom. The lowest BCUT2D eigenvalue weighted by molar-refractivity contribution is 0.168. The van der Waals surface area contributed by atoms with Crippen LogP contribution in [0.3, 0.4) is 0 Å². The summed E-state index contributed by atoms with van der Waals surface area (Å²) in [7, 11) is 0. The number of rotatable bonds is 7. The van der Waals surface area contributed by atoms with Crippen LogP contribution >= 0.6 is 0 Å². The number of nitrogens with one attached hydrogen (secondary N) is 2. The number of carbonyl (C=O) groups is 1. The first kappa shape index (κ1) is 15.3. The van der Waals surface area contributed by atoms with Gasteiger partial charge in [0.05, 0.1) is 6.61 Å². The summed E-state index contributed by atoms with van der Waals surface area (Å²) in [5.41, 5.74) is 1.81. The van der Waals surface area contributed by atoms with Crippen molar-refractivity contribution < 1.29 is 9.53 Å². The molecule has 0 unspecified atom stereocenters. The molecule has 0 aliphatic heterocycles. The van der Waals surface area contributed by atoms with Crippen molar-refractivity contribution in [1.29, 1.82) is 0 Å². The summed E-state index contributed by atoms with van der Waals surface area (Å²) in [6.07, 6.45) is 1.96. The summed E-state index contributed by atoms with van der Waals surface area (Å²) in [5, 5.41) is 6.08. The molecular formula is C15H24N2O2. The van der Waals surface area contributed by atoms with Crippen molar-refractivity contribution in [2.24, 2.45) is 5.92 Å². The highest BCUT2D eigenvalue weighted by Crippen LogP contribution is 2.15. The quantitative estimate of drug-likeness (QED) is 0.779. The summed E-state index contributed by atoms with van der Waals surface area (Å²) in [6, 6.07) is 7.66. The highest BCUT2D eigenvalue weighted by atomic mass is 16.5. The Balaban J connectivity index is 2.45. The number of hydrogen-bond donors (Lipinski definition) is 2. The van der Waals surface area contributed by atoms with E-state index in [1.807, 2.05) is 24.3 Å². The van der Waals surface area contributed by atoms with Gasteiger partial charge in [-0.25, -0.2) is 4.79 Å². The fourth-order valence-corrected chi connectivity index (χ4v) is 1.80. The second-order valence-corrected chi connectivity index (χ2v) is 4.49. The summed E-state index contributed by atoms with van der Waals surface area (Å²) in [4.78, 5) is 11.2. The molecule has 1 aromatic rings. The third-order valence-corrected chi connectivity index (χ3v) is 3.16. The van der Waals surface area contributed by atoms with E-state index in [0.717, 1.165) is 17.9 Å². The van der Waals surface area contributed by atoms with Crippen LogP contribution in [0.15, 0.2) is 24.3 Å². The predicted octanol–water partition coefficient (Wildman–Crippen LogP) is 4.10. The first-order valence-corrected chi connectivity index (χ1v) is 6.97. The first-order chi connectivity index (χ1) is 9.19. The molecule has 0 radical (unpaired) electrons. The van der Waals surface area contributed by atoms with E-state index in [2.05, 4.69) is 24.5 Å². The average Bonchev–Trinajstić information content (AvgIpc) is 2.42. The molecule has 19 heavy (non-hydrogen) atoms. The molecule has 0 bridgehead atoms. The fourth-order valence-electron chi connectivity index (χ4n) is 1.80. The van der Waals surface area contributed by atoms with E-state index in [4.69, 9.17) is 4.74 Å². The number of ether oxygens (including phenoxy) is 1. The van der Waals surface area contributed by atoms with Gasteiger partial charge in [0.2, 0.25) is 0 Å². The number of hydrogen-bond acceptors (Lipinski definition) is 3. The van der Waals surface area contributed by atoms with Crippen LogP contribution in [0.2, 0.25) is 0 Å². The zero-order valence-electron chi connectivity index (χ0n) is 12.0. The van der Waals surface area contributed by atoms with Crippen molar-refractivity contribution in [3.8, 4) is 0 Å². The molecule has 0 aromatic heterocycles. The van der Waals surface area contributed by atoms with Crippen LogP contribution in [0.1, 0.15) is 33.6 Å². The maximum absolute atomic E-state index is 11.2. The maximum atomic E-state index is 11.2. The van der Waals surface area contributed by atoms with Crippen molar-refractivity contribution >= 4 is 17.5 Å². The van der Waals surface area contributed by atoms with E-state index in [-0.39, 0.29) is 0 Å². The number of carbonyl (C=O) groups excluding carboxylic acids is 1. The fraction of sp³-hybridized carbons (Fsp3) is 0.533. The van der Waals surface area contributed by atoms with E-state index in [1.54, 1.807) is 6.92 Å². The van der Waals surface area contributed by atoms with Gasteiger partial charge >= 0.3 is 6.09 Å². The Morgan fingerprint density at radius 1 is 1.11 bits per heavy atom. The lowest BCUT2D eigenvalue weighted by Gasteiger charge is -2.14. The normalized spacial score (nSPS) is 10.3. The van der Waals surface area contributed by atoms with Crippen LogP contribution in [0.25, 0.3) is 0 Å². The standard InChI is InChI=1S/C15H24N2O2/c1-4-12(5-2)11-16-13-7-9-14(10-8-13)17-15(18)19-6-3/h7-10,12,16H,4-6,11H2,1-3H3,(H,17,18). The van der Waals surface area contributed by atoms with Crippen LogP contribution in [0, 0.1) is 5.92 Å². The van der Waals surface area contributed by atoms with Gasteiger partial charge in [-0.05, 0) is 37.1 Å².